The van der Waals surface area contributed by atoms with E-state index in [9.17, 15) is 17.2 Å². The van der Waals surface area contributed by atoms with Gasteiger partial charge in [0.25, 0.3) is 0 Å². The maximum atomic E-state index is 13.2. The molecule has 1 heterocycles. The molecular weight excluding hydrogens is 324 g/mol. The molecule has 0 atom stereocenters. The highest BCUT2D eigenvalue weighted by molar-refractivity contribution is 7.89. The molecule has 0 aliphatic carbocycles. The van der Waals surface area contributed by atoms with Crippen LogP contribution in [0.15, 0.2) is 53.4 Å². The number of ether oxygens (including phenoxy) is 1. The molecule has 122 valence electrons. The molecule has 0 unspecified atom stereocenters. The molecule has 1 fully saturated rings. The van der Waals surface area contributed by atoms with E-state index >= 15 is 0 Å². The van der Waals surface area contributed by atoms with Crippen molar-refractivity contribution in [1.82, 2.24) is 4.31 Å². The first-order chi connectivity index (χ1) is 10.9. The quantitative estimate of drug-likeness (QED) is 0.841. The monoisotopic (exact) mass is 339 g/mol. The summed E-state index contributed by atoms with van der Waals surface area (Å²) in [5.74, 6) is -0.930. The van der Waals surface area contributed by atoms with E-state index in [1.807, 2.05) is 0 Å². The van der Waals surface area contributed by atoms with E-state index in [1.54, 1.807) is 12.1 Å². The Labute approximate surface area is 133 Å². The lowest BCUT2D eigenvalue weighted by Gasteiger charge is -2.37. The van der Waals surface area contributed by atoms with Gasteiger partial charge in [-0.05, 0) is 35.9 Å². The van der Waals surface area contributed by atoms with Crippen molar-refractivity contribution in [3.8, 4) is 0 Å². The van der Waals surface area contributed by atoms with Gasteiger partial charge < -0.3 is 4.74 Å². The van der Waals surface area contributed by atoms with E-state index in [4.69, 9.17) is 4.74 Å². The molecule has 1 saturated heterocycles. The second-order valence-electron chi connectivity index (χ2n) is 5.34. The molecule has 3 rings (SSSR count). The molecule has 1 aliphatic rings. The van der Waals surface area contributed by atoms with Crippen molar-refractivity contribution in [2.75, 3.05) is 13.1 Å². The number of nitrogens with zero attached hydrogens (tertiary/aromatic N) is 1. The SMILES string of the molecule is O=S(=O)(c1cccc(F)c1)N1CC(OCc2cccc(F)c2)C1. The minimum Gasteiger partial charge on any atom is -0.371 e. The van der Waals surface area contributed by atoms with Gasteiger partial charge in [0, 0.05) is 13.1 Å². The van der Waals surface area contributed by atoms with Gasteiger partial charge in [-0.1, -0.05) is 18.2 Å². The Morgan fingerprint density at radius 2 is 1.70 bits per heavy atom. The van der Waals surface area contributed by atoms with Gasteiger partial charge in [0.05, 0.1) is 17.6 Å². The Kier molecular flexibility index (Phi) is 4.43. The van der Waals surface area contributed by atoms with Crippen LogP contribution in [0.5, 0.6) is 0 Å². The first-order valence-electron chi connectivity index (χ1n) is 7.07. The third-order valence-electron chi connectivity index (χ3n) is 3.62. The summed E-state index contributed by atoms with van der Waals surface area (Å²) in [5.41, 5.74) is 0.691. The molecule has 2 aromatic carbocycles. The Bertz CT molecular complexity index is 804. The highest BCUT2D eigenvalue weighted by Crippen LogP contribution is 2.24. The molecular formula is C16H15F2NO3S. The Balaban J connectivity index is 1.56. The fourth-order valence-electron chi connectivity index (χ4n) is 2.32. The van der Waals surface area contributed by atoms with E-state index in [0.29, 0.717) is 5.56 Å². The predicted molar refractivity (Wildman–Crippen MR) is 80.1 cm³/mol. The van der Waals surface area contributed by atoms with E-state index in [1.165, 1.54) is 34.6 Å². The maximum Gasteiger partial charge on any atom is 0.243 e. The van der Waals surface area contributed by atoms with Gasteiger partial charge in [-0.2, -0.15) is 4.31 Å². The molecule has 0 spiro atoms. The summed E-state index contributed by atoms with van der Waals surface area (Å²) in [4.78, 5) is -0.0684. The van der Waals surface area contributed by atoms with E-state index in [0.717, 1.165) is 6.07 Å². The molecule has 1 aliphatic heterocycles. The zero-order valence-electron chi connectivity index (χ0n) is 12.2. The zero-order chi connectivity index (χ0) is 16.4. The van der Waals surface area contributed by atoms with Crippen LogP contribution in [0.2, 0.25) is 0 Å². The average molecular weight is 339 g/mol. The molecule has 0 amide bonds. The van der Waals surface area contributed by atoms with Crippen molar-refractivity contribution in [3.05, 3.63) is 65.7 Å². The van der Waals surface area contributed by atoms with Crippen LogP contribution in [-0.2, 0) is 21.4 Å². The number of halogens is 2. The highest BCUT2D eigenvalue weighted by atomic mass is 32.2. The van der Waals surface area contributed by atoms with Gasteiger partial charge in [0.2, 0.25) is 10.0 Å². The lowest BCUT2D eigenvalue weighted by molar-refractivity contribution is -0.0296. The topological polar surface area (TPSA) is 46.6 Å². The first-order valence-corrected chi connectivity index (χ1v) is 8.51. The Morgan fingerprint density at radius 1 is 1.04 bits per heavy atom. The smallest absolute Gasteiger partial charge is 0.243 e. The van der Waals surface area contributed by atoms with Crippen LogP contribution in [0.4, 0.5) is 8.78 Å². The van der Waals surface area contributed by atoms with Gasteiger partial charge in [-0.15, -0.1) is 0 Å². The van der Waals surface area contributed by atoms with Crippen molar-refractivity contribution in [3.63, 3.8) is 0 Å². The number of sulfonamides is 1. The van der Waals surface area contributed by atoms with Crippen molar-refractivity contribution in [2.45, 2.75) is 17.6 Å². The van der Waals surface area contributed by atoms with Crippen LogP contribution in [0.3, 0.4) is 0 Å². The molecule has 4 nitrogen and oxygen atoms in total. The van der Waals surface area contributed by atoms with E-state index in [2.05, 4.69) is 0 Å². The largest absolute Gasteiger partial charge is 0.371 e. The second kappa shape index (κ2) is 6.35. The minimum absolute atomic E-state index is 0.0684. The number of hydrogen-bond donors (Lipinski definition) is 0. The minimum atomic E-state index is -3.69. The number of benzene rings is 2. The molecule has 23 heavy (non-hydrogen) atoms. The summed E-state index contributed by atoms with van der Waals surface area (Å²) in [6.45, 7) is 0.624. The predicted octanol–water partition coefficient (Wildman–Crippen LogP) is 2.55. The normalized spacial score (nSPS) is 16.3. The van der Waals surface area contributed by atoms with E-state index < -0.39 is 15.8 Å². The number of rotatable bonds is 5. The van der Waals surface area contributed by atoms with Gasteiger partial charge in [0.15, 0.2) is 0 Å². The van der Waals surface area contributed by atoms with Crippen molar-refractivity contribution in [1.29, 1.82) is 0 Å². The van der Waals surface area contributed by atoms with Gasteiger partial charge in [-0.25, -0.2) is 17.2 Å². The molecule has 0 aromatic heterocycles. The summed E-state index contributed by atoms with van der Waals surface area (Å²) < 4.78 is 57.6. The van der Waals surface area contributed by atoms with Crippen LogP contribution in [0.25, 0.3) is 0 Å². The van der Waals surface area contributed by atoms with Crippen LogP contribution >= 0.6 is 0 Å². The lowest BCUT2D eigenvalue weighted by Crippen LogP contribution is -2.54. The highest BCUT2D eigenvalue weighted by Gasteiger charge is 2.37. The zero-order valence-corrected chi connectivity index (χ0v) is 13.0. The average Bonchev–Trinajstić information content (AvgIpc) is 2.45. The molecule has 7 heteroatoms. The third kappa shape index (κ3) is 3.57. The van der Waals surface area contributed by atoms with Gasteiger partial charge in [-0.3, -0.25) is 0 Å². The summed E-state index contributed by atoms with van der Waals surface area (Å²) in [6, 6.07) is 11.0. The van der Waals surface area contributed by atoms with Gasteiger partial charge >= 0.3 is 0 Å². The van der Waals surface area contributed by atoms with Crippen molar-refractivity contribution < 1.29 is 21.9 Å². The van der Waals surface area contributed by atoms with Crippen LogP contribution in [0, 0.1) is 11.6 Å². The molecule has 2 aromatic rings. The fourth-order valence-corrected chi connectivity index (χ4v) is 3.86. The summed E-state index contributed by atoms with van der Waals surface area (Å²) in [5, 5.41) is 0. The van der Waals surface area contributed by atoms with Crippen LogP contribution < -0.4 is 0 Å². The molecule has 0 N–H and O–H groups in total. The lowest BCUT2D eigenvalue weighted by atomic mass is 10.2. The standard InChI is InChI=1S/C16H15F2NO3S/c17-13-4-1-3-12(7-13)11-22-15-9-19(10-15)23(20,21)16-6-2-5-14(18)8-16/h1-8,15H,9-11H2. The summed E-state index contributed by atoms with van der Waals surface area (Å²) in [7, 11) is -3.69. The van der Waals surface area contributed by atoms with Crippen LogP contribution in [0.1, 0.15) is 5.56 Å². The van der Waals surface area contributed by atoms with Crippen molar-refractivity contribution in [2.24, 2.45) is 0 Å². The summed E-state index contributed by atoms with van der Waals surface area (Å²) in [6.07, 6.45) is -0.249. The Morgan fingerprint density at radius 3 is 2.35 bits per heavy atom. The molecule has 0 radical (unpaired) electrons. The van der Waals surface area contributed by atoms with Crippen LogP contribution in [-0.4, -0.2) is 31.9 Å². The van der Waals surface area contributed by atoms with E-state index in [-0.39, 0.29) is 36.5 Å². The molecule has 0 saturated carbocycles. The summed E-state index contributed by atoms with van der Waals surface area (Å²) >= 11 is 0. The van der Waals surface area contributed by atoms with Gasteiger partial charge in [0.1, 0.15) is 11.6 Å². The Hall–Kier alpha value is -1.83. The first kappa shape index (κ1) is 16.0. The molecule has 0 bridgehead atoms. The fraction of sp³-hybridized carbons (Fsp3) is 0.250. The maximum absolute atomic E-state index is 13.2. The third-order valence-corrected chi connectivity index (χ3v) is 5.45. The van der Waals surface area contributed by atoms with Crippen molar-refractivity contribution >= 4 is 10.0 Å². The second-order valence-corrected chi connectivity index (χ2v) is 7.28. The number of hydrogen-bond acceptors (Lipinski definition) is 3.